The molecule has 1 N–H and O–H groups in total. The number of ether oxygens (including phenoxy) is 1. The molecule has 0 spiro atoms. The Kier molecular flexibility index (Phi) is 8.80. The smallest absolute Gasteiger partial charge is 0.260 e. The molecule has 1 saturated heterocycles. The van der Waals surface area contributed by atoms with Crippen LogP contribution in [0.25, 0.3) is 0 Å². The van der Waals surface area contributed by atoms with E-state index in [1.165, 1.54) is 0 Å². The third-order valence-electron chi connectivity index (χ3n) is 5.48. The molecular formula is C25H31N3O4. The Bertz CT molecular complexity index is 891. The minimum absolute atomic E-state index is 0.00957. The minimum Gasteiger partial charge on any atom is -0.484 e. The zero-order chi connectivity index (χ0) is 22.8. The number of nitrogens with zero attached hydrogens (tertiary/aromatic N) is 2. The average Bonchev–Trinajstić information content (AvgIpc) is 2.81. The van der Waals surface area contributed by atoms with Crippen molar-refractivity contribution in [1.82, 2.24) is 15.1 Å². The summed E-state index contributed by atoms with van der Waals surface area (Å²) in [7, 11) is 0. The number of nitrogens with one attached hydrogen (secondary N) is 1. The Morgan fingerprint density at radius 3 is 2.25 bits per heavy atom. The molecule has 0 aromatic heterocycles. The van der Waals surface area contributed by atoms with E-state index in [1.54, 1.807) is 11.8 Å². The molecule has 0 bridgehead atoms. The van der Waals surface area contributed by atoms with E-state index in [1.807, 2.05) is 54.6 Å². The predicted molar refractivity (Wildman–Crippen MR) is 122 cm³/mol. The van der Waals surface area contributed by atoms with Crippen molar-refractivity contribution in [3.8, 4) is 5.75 Å². The molecule has 1 aliphatic rings. The van der Waals surface area contributed by atoms with E-state index in [0.29, 0.717) is 57.9 Å². The molecule has 3 rings (SSSR count). The van der Waals surface area contributed by atoms with Gasteiger partial charge in [-0.1, -0.05) is 42.5 Å². The van der Waals surface area contributed by atoms with Crippen LogP contribution in [0.4, 0.5) is 0 Å². The number of Topliss-reactive ketones (excluding diaryl/α,β-unsaturated/α-hetero) is 1. The summed E-state index contributed by atoms with van der Waals surface area (Å²) < 4.78 is 5.63. The summed E-state index contributed by atoms with van der Waals surface area (Å²) in [6.07, 6.45) is 1.24. The highest BCUT2D eigenvalue weighted by atomic mass is 16.5. The number of ketones is 1. The second kappa shape index (κ2) is 12.0. The van der Waals surface area contributed by atoms with Crippen LogP contribution in [0.3, 0.4) is 0 Å². The quantitative estimate of drug-likeness (QED) is 0.616. The van der Waals surface area contributed by atoms with Crippen molar-refractivity contribution >= 4 is 17.6 Å². The molecule has 0 aliphatic carbocycles. The third kappa shape index (κ3) is 7.81. The van der Waals surface area contributed by atoms with Crippen molar-refractivity contribution in [1.29, 1.82) is 0 Å². The molecule has 7 nitrogen and oxygen atoms in total. The average molecular weight is 438 g/mol. The number of aryl methyl sites for hydroxylation is 1. The molecule has 32 heavy (non-hydrogen) atoms. The maximum Gasteiger partial charge on any atom is 0.260 e. The Balaban J connectivity index is 1.33. The lowest BCUT2D eigenvalue weighted by atomic mass is 10.1. The molecular weight excluding hydrogens is 406 g/mol. The van der Waals surface area contributed by atoms with Crippen LogP contribution in [-0.4, -0.2) is 66.7 Å². The highest BCUT2D eigenvalue weighted by molar-refractivity contribution is 5.79. The van der Waals surface area contributed by atoms with Crippen molar-refractivity contribution < 1.29 is 19.1 Å². The van der Waals surface area contributed by atoms with Gasteiger partial charge in [-0.25, -0.2) is 0 Å². The largest absolute Gasteiger partial charge is 0.484 e. The molecule has 1 heterocycles. The van der Waals surface area contributed by atoms with E-state index in [9.17, 15) is 14.4 Å². The van der Waals surface area contributed by atoms with Gasteiger partial charge in [-0.2, -0.15) is 0 Å². The van der Waals surface area contributed by atoms with Crippen LogP contribution in [-0.2, 0) is 27.3 Å². The van der Waals surface area contributed by atoms with Gasteiger partial charge in [-0.05, 0) is 36.6 Å². The molecule has 1 aliphatic heterocycles. The molecule has 170 valence electrons. The second-order valence-electron chi connectivity index (χ2n) is 8.05. The predicted octanol–water partition coefficient (Wildman–Crippen LogP) is 2.05. The van der Waals surface area contributed by atoms with Gasteiger partial charge < -0.3 is 19.7 Å². The number of piperazine rings is 1. The molecule has 0 unspecified atom stereocenters. The van der Waals surface area contributed by atoms with E-state index >= 15 is 0 Å². The molecule has 0 saturated carbocycles. The molecule has 2 aromatic carbocycles. The number of carbonyl (C=O) groups is 3. The van der Waals surface area contributed by atoms with Gasteiger partial charge in [0.05, 0.1) is 6.54 Å². The standard InChI is InChI=1S/C25H31N3O4/c1-20(29)7-8-21-9-11-23(12-10-21)32-19-25(31)28-15-13-27(14-16-28)18-24(30)26-17-22-5-3-2-4-6-22/h2-6,9-12H,7-8,13-19H2,1H3,(H,26,30). The maximum absolute atomic E-state index is 12.5. The Hall–Kier alpha value is -3.19. The van der Waals surface area contributed by atoms with Gasteiger partial charge >= 0.3 is 0 Å². The summed E-state index contributed by atoms with van der Waals surface area (Å²) in [4.78, 5) is 39.6. The van der Waals surface area contributed by atoms with E-state index in [-0.39, 0.29) is 24.2 Å². The molecule has 0 atom stereocenters. The summed E-state index contributed by atoms with van der Waals surface area (Å²) in [5.41, 5.74) is 2.14. The summed E-state index contributed by atoms with van der Waals surface area (Å²) in [6.45, 7) is 4.92. The van der Waals surface area contributed by atoms with Gasteiger partial charge in [0.15, 0.2) is 6.61 Å². The van der Waals surface area contributed by atoms with E-state index in [0.717, 1.165) is 11.1 Å². The lowest BCUT2D eigenvalue weighted by Gasteiger charge is -2.34. The van der Waals surface area contributed by atoms with Crippen LogP contribution in [0.15, 0.2) is 54.6 Å². The topological polar surface area (TPSA) is 79.0 Å². The summed E-state index contributed by atoms with van der Waals surface area (Å²) in [5, 5.41) is 2.94. The fraction of sp³-hybridized carbons (Fsp3) is 0.400. The first kappa shape index (κ1) is 23.5. The first-order valence-electron chi connectivity index (χ1n) is 11.0. The zero-order valence-corrected chi connectivity index (χ0v) is 18.6. The summed E-state index contributed by atoms with van der Waals surface area (Å²) in [6, 6.07) is 17.3. The fourth-order valence-electron chi connectivity index (χ4n) is 3.52. The normalized spacial score (nSPS) is 14.1. The van der Waals surface area contributed by atoms with Crippen molar-refractivity contribution in [3.63, 3.8) is 0 Å². The highest BCUT2D eigenvalue weighted by Crippen LogP contribution is 2.14. The Morgan fingerprint density at radius 1 is 0.906 bits per heavy atom. The van der Waals surface area contributed by atoms with Crippen LogP contribution in [0, 0.1) is 0 Å². The lowest BCUT2D eigenvalue weighted by molar-refractivity contribution is -0.135. The zero-order valence-electron chi connectivity index (χ0n) is 18.6. The first-order valence-corrected chi connectivity index (χ1v) is 11.0. The van der Waals surface area contributed by atoms with Gasteiger partial charge in [0, 0.05) is 39.1 Å². The van der Waals surface area contributed by atoms with Gasteiger partial charge in [-0.15, -0.1) is 0 Å². The van der Waals surface area contributed by atoms with E-state index in [2.05, 4.69) is 10.2 Å². The van der Waals surface area contributed by atoms with Gasteiger partial charge in [0.1, 0.15) is 11.5 Å². The Morgan fingerprint density at radius 2 is 1.59 bits per heavy atom. The Labute approximate surface area is 189 Å². The lowest BCUT2D eigenvalue weighted by Crippen LogP contribution is -2.52. The van der Waals surface area contributed by atoms with E-state index < -0.39 is 0 Å². The number of hydrogen-bond acceptors (Lipinski definition) is 5. The van der Waals surface area contributed by atoms with Gasteiger partial charge in [0.2, 0.25) is 5.91 Å². The number of benzene rings is 2. The number of amides is 2. The second-order valence-corrected chi connectivity index (χ2v) is 8.05. The number of rotatable bonds is 10. The molecule has 1 fully saturated rings. The van der Waals surface area contributed by atoms with Crippen LogP contribution in [0.2, 0.25) is 0 Å². The van der Waals surface area contributed by atoms with Crippen molar-refractivity contribution in [3.05, 3.63) is 65.7 Å². The maximum atomic E-state index is 12.5. The van der Waals surface area contributed by atoms with Crippen molar-refractivity contribution in [2.75, 3.05) is 39.3 Å². The first-order chi connectivity index (χ1) is 15.5. The SMILES string of the molecule is CC(=O)CCc1ccc(OCC(=O)N2CCN(CC(=O)NCc3ccccc3)CC2)cc1. The van der Waals surface area contributed by atoms with Gasteiger partial charge in [0.25, 0.3) is 5.91 Å². The molecule has 2 amide bonds. The van der Waals surface area contributed by atoms with Crippen molar-refractivity contribution in [2.24, 2.45) is 0 Å². The third-order valence-corrected chi connectivity index (χ3v) is 5.48. The number of carbonyl (C=O) groups excluding carboxylic acids is 3. The molecule has 2 aromatic rings. The minimum atomic E-state index is -0.0566. The highest BCUT2D eigenvalue weighted by Gasteiger charge is 2.22. The van der Waals surface area contributed by atoms with Crippen LogP contribution in [0.5, 0.6) is 5.75 Å². The van der Waals surface area contributed by atoms with E-state index in [4.69, 9.17) is 4.74 Å². The molecule has 7 heteroatoms. The van der Waals surface area contributed by atoms with Crippen LogP contribution in [0.1, 0.15) is 24.5 Å². The molecule has 0 radical (unpaired) electrons. The van der Waals surface area contributed by atoms with Crippen molar-refractivity contribution in [2.45, 2.75) is 26.3 Å². The monoisotopic (exact) mass is 437 g/mol. The fourth-order valence-corrected chi connectivity index (χ4v) is 3.52. The summed E-state index contributed by atoms with van der Waals surface area (Å²) >= 11 is 0. The van der Waals surface area contributed by atoms with Gasteiger partial charge in [-0.3, -0.25) is 14.5 Å². The van der Waals surface area contributed by atoms with Crippen LogP contribution >= 0.6 is 0 Å². The number of hydrogen-bond donors (Lipinski definition) is 1. The summed E-state index contributed by atoms with van der Waals surface area (Å²) in [5.74, 6) is 0.741. The van der Waals surface area contributed by atoms with Crippen LogP contribution < -0.4 is 10.1 Å².